The Morgan fingerprint density at radius 2 is 1.75 bits per heavy atom. The van der Waals surface area contributed by atoms with Gasteiger partial charge in [-0.2, -0.15) is 0 Å². The largest absolute Gasteiger partial charge is 0.269 e. The van der Waals surface area contributed by atoms with Crippen molar-refractivity contribution in [3.8, 4) is 0 Å². The number of sulfonamides is 1. The minimum atomic E-state index is -3.55. The van der Waals surface area contributed by atoms with Crippen LogP contribution in [0.4, 0.5) is 5.69 Å². The summed E-state index contributed by atoms with van der Waals surface area (Å²) in [5, 5.41) is 10.8. The highest BCUT2D eigenvalue weighted by Crippen LogP contribution is 2.15. The number of benzene rings is 2. The van der Waals surface area contributed by atoms with Gasteiger partial charge >= 0.3 is 0 Å². The Bertz CT molecular complexity index is 791. The minimum Gasteiger partial charge on any atom is -0.258 e. The molecule has 0 radical (unpaired) electrons. The van der Waals surface area contributed by atoms with E-state index in [0.29, 0.717) is 12.0 Å². The summed E-state index contributed by atoms with van der Waals surface area (Å²) in [5.41, 5.74) is 1.44. The smallest absolute Gasteiger partial charge is 0.258 e. The number of aryl methyl sites for hydroxylation is 1. The normalized spacial score (nSPS) is 12.7. The molecule has 128 valence electrons. The third-order valence-electron chi connectivity index (χ3n) is 3.57. The van der Waals surface area contributed by atoms with E-state index in [1.807, 2.05) is 37.3 Å². The summed E-state index contributed by atoms with van der Waals surface area (Å²) >= 11 is 0. The highest BCUT2D eigenvalue weighted by molar-refractivity contribution is 7.88. The lowest BCUT2D eigenvalue weighted by molar-refractivity contribution is -0.384. The van der Waals surface area contributed by atoms with Crippen LogP contribution in [0.15, 0.2) is 54.6 Å². The fraction of sp³-hybridized carbons (Fsp3) is 0.294. The predicted molar refractivity (Wildman–Crippen MR) is 93.1 cm³/mol. The molecule has 0 heterocycles. The SMILES string of the molecule is CC(CCc1ccccc1)NS(=O)(=O)Cc1cccc([N+](=O)[O-])c1. The molecule has 2 aromatic rings. The molecule has 0 saturated carbocycles. The Kier molecular flexibility index (Phi) is 6.05. The Labute approximate surface area is 141 Å². The summed E-state index contributed by atoms with van der Waals surface area (Å²) in [4.78, 5) is 10.2. The Morgan fingerprint density at radius 1 is 1.08 bits per heavy atom. The van der Waals surface area contributed by atoms with Gasteiger partial charge in [-0.1, -0.05) is 42.5 Å². The summed E-state index contributed by atoms with van der Waals surface area (Å²) in [6.07, 6.45) is 1.46. The molecule has 7 heteroatoms. The molecular weight excluding hydrogens is 328 g/mol. The molecule has 0 saturated heterocycles. The molecule has 1 N–H and O–H groups in total. The van der Waals surface area contributed by atoms with Crippen molar-refractivity contribution in [3.05, 3.63) is 75.8 Å². The minimum absolute atomic E-state index is 0.111. The highest BCUT2D eigenvalue weighted by Gasteiger charge is 2.17. The van der Waals surface area contributed by atoms with Gasteiger partial charge in [0.2, 0.25) is 10.0 Å². The first kappa shape index (κ1) is 18.1. The van der Waals surface area contributed by atoms with E-state index in [1.54, 1.807) is 6.07 Å². The molecule has 6 nitrogen and oxygen atoms in total. The summed E-state index contributed by atoms with van der Waals surface area (Å²) in [6.45, 7) is 1.81. The molecule has 0 bridgehead atoms. The molecule has 0 aliphatic carbocycles. The van der Waals surface area contributed by atoms with E-state index < -0.39 is 14.9 Å². The molecular formula is C17H20N2O4S. The van der Waals surface area contributed by atoms with Crippen LogP contribution in [0.25, 0.3) is 0 Å². The Hall–Kier alpha value is -2.25. The second-order valence-electron chi connectivity index (χ2n) is 5.73. The standard InChI is InChI=1S/C17H20N2O4S/c1-14(10-11-15-6-3-2-4-7-15)18-24(22,23)13-16-8-5-9-17(12-16)19(20)21/h2-9,12,14,18H,10-11,13H2,1H3. The van der Waals surface area contributed by atoms with Gasteiger partial charge in [0, 0.05) is 18.2 Å². The lowest BCUT2D eigenvalue weighted by Crippen LogP contribution is -2.33. The van der Waals surface area contributed by atoms with Crippen molar-refractivity contribution < 1.29 is 13.3 Å². The maximum atomic E-state index is 12.2. The second-order valence-corrected chi connectivity index (χ2v) is 7.48. The lowest BCUT2D eigenvalue weighted by Gasteiger charge is -2.14. The molecule has 1 unspecified atom stereocenters. The van der Waals surface area contributed by atoms with Gasteiger partial charge in [0.05, 0.1) is 10.7 Å². The summed E-state index contributed by atoms with van der Waals surface area (Å²) < 4.78 is 27.1. The summed E-state index contributed by atoms with van der Waals surface area (Å²) in [5.74, 6) is -0.273. The molecule has 0 fully saturated rings. The highest BCUT2D eigenvalue weighted by atomic mass is 32.2. The van der Waals surface area contributed by atoms with Crippen molar-refractivity contribution in [2.45, 2.75) is 31.6 Å². The van der Waals surface area contributed by atoms with E-state index in [9.17, 15) is 18.5 Å². The first-order chi connectivity index (χ1) is 11.4. The van der Waals surface area contributed by atoms with Crippen molar-refractivity contribution in [1.29, 1.82) is 0 Å². The molecule has 0 aromatic heterocycles. The van der Waals surface area contributed by atoms with E-state index in [0.717, 1.165) is 12.0 Å². The van der Waals surface area contributed by atoms with Gasteiger partial charge in [-0.25, -0.2) is 13.1 Å². The monoisotopic (exact) mass is 348 g/mol. The number of nitro groups is 1. The van der Waals surface area contributed by atoms with Crippen LogP contribution in [0.2, 0.25) is 0 Å². The zero-order valence-corrected chi connectivity index (χ0v) is 14.2. The zero-order valence-electron chi connectivity index (χ0n) is 13.4. The summed E-state index contributed by atoms with van der Waals surface area (Å²) in [7, 11) is -3.55. The molecule has 0 spiro atoms. The van der Waals surface area contributed by atoms with Gasteiger partial charge in [0.25, 0.3) is 5.69 Å². The van der Waals surface area contributed by atoms with Crippen LogP contribution >= 0.6 is 0 Å². The van der Waals surface area contributed by atoms with Crippen LogP contribution in [0.5, 0.6) is 0 Å². The van der Waals surface area contributed by atoms with Gasteiger partial charge in [0.15, 0.2) is 0 Å². The van der Waals surface area contributed by atoms with Crippen LogP contribution in [0.3, 0.4) is 0 Å². The number of non-ortho nitro benzene ring substituents is 1. The Balaban J connectivity index is 1.93. The fourth-order valence-electron chi connectivity index (χ4n) is 2.41. The number of nitrogens with zero attached hydrogens (tertiary/aromatic N) is 1. The van der Waals surface area contributed by atoms with Crippen molar-refractivity contribution >= 4 is 15.7 Å². The van der Waals surface area contributed by atoms with Crippen molar-refractivity contribution in [3.63, 3.8) is 0 Å². The molecule has 0 amide bonds. The van der Waals surface area contributed by atoms with Gasteiger partial charge < -0.3 is 0 Å². The molecule has 24 heavy (non-hydrogen) atoms. The molecule has 0 aliphatic rings. The fourth-order valence-corrected chi connectivity index (χ4v) is 3.85. The summed E-state index contributed by atoms with van der Waals surface area (Å²) in [6, 6.07) is 15.3. The first-order valence-electron chi connectivity index (χ1n) is 7.63. The number of hydrogen-bond acceptors (Lipinski definition) is 4. The lowest BCUT2D eigenvalue weighted by atomic mass is 10.1. The van der Waals surface area contributed by atoms with Crippen LogP contribution < -0.4 is 4.72 Å². The van der Waals surface area contributed by atoms with Gasteiger partial charge in [-0.15, -0.1) is 0 Å². The average molecular weight is 348 g/mol. The maximum absolute atomic E-state index is 12.2. The third kappa shape index (κ3) is 5.75. The first-order valence-corrected chi connectivity index (χ1v) is 9.28. The van der Waals surface area contributed by atoms with Gasteiger partial charge in [-0.05, 0) is 30.9 Å². The predicted octanol–water partition coefficient (Wildman–Crippen LogP) is 3.04. The van der Waals surface area contributed by atoms with Crippen molar-refractivity contribution in [1.82, 2.24) is 4.72 Å². The second kappa shape index (κ2) is 8.03. The van der Waals surface area contributed by atoms with Crippen LogP contribution in [0, 0.1) is 10.1 Å². The van der Waals surface area contributed by atoms with Crippen LogP contribution in [0.1, 0.15) is 24.5 Å². The van der Waals surface area contributed by atoms with E-state index >= 15 is 0 Å². The van der Waals surface area contributed by atoms with Gasteiger partial charge in [-0.3, -0.25) is 10.1 Å². The number of nitrogens with one attached hydrogen (secondary N) is 1. The number of hydrogen-bond donors (Lipinski definition) is 1. The zero-order chi connectivity index (χ0) is 17.6. The van der Waals surface area contributed by atoms with Gasteiger partial charge in [0.1, 0.15) is 0 Å². The molecule has 0 aliphatic heterocycles. The van der Waals surface area contributed by atoms with E-state index in [1.165, 1.54) is 18.2 Å². The molecule has 1 atom stereocenters. The number of rotatable bonds is 8. The van der Waals surface area contributed by atoms with E-state index in [-0.39, 0.29) is 17.5 Å². The molecule has 2 aromatic carbocycles. The average Bonchev–Trinajstić information content (AvgIpc) is 2.53. The van der Waals surface area contributed by atoms with Crippen molar-refractivity contribution in [2.24, 2.45) is 0 Å². The Morgan fingerprint density at radius 3 is 2.42 bits per heavy atom. The maximum Gasteiger partial charge on any atom is 0.269 e. The number of nitro benzene ring substituents is 1. The van der Waals surface area contributed by atoms with E-state index in [2.05, 4.69) is 4.72 Å². The third-order valence-corrected chi connectivity index (χ3v) is 5.04. The van der Waals surface area contributed by atoms with E-state index in [4.69, 9.17) is 0 Å². The quantitative estimate of drug-likeness (QED) is 0.586. The van der Waals surface area contributed by atoms with Crippen LogP contribution in [-0.4, -0.2) is 19.4 Å². The molecule has 2 rings (SSSR count). The topological polar surface area (TPSA) is 89.3 Å². The van der Waals surface area contributed by atoms with Crippen LogP contribution in [-0.2, 0) is 22.2 Å². The van der Waals surface area contributed by atoms with Crippen molar-refractivity contribution in [2.75, 3.05) is 0 Å².